The number of para-hydroxylation sites is 1. The van der Waals surface area contributed by atoms with E-state index in [1.165, 1.54) is 0 Å². The van der Waals surface area contributed by atoms with Gasteiger partial charge in [0.05, 0.1) is 23.3 Å². The number of hydrogen-bond donors (Lipinski definition) is 2. The lowest BCUT2D eigenvalue weighted by Crippen LogP contribution is -2.57. The summed E-state index contributed by atoms with van der Waals surface area (Å²) in [7, 11) is 0. The molecule has 0 aliphatic carbocycles. The number of benzene rings is 1. The van der Waals surface area contributed by atoms with Crippen LogP contribution in [-0.4, -0.2) is 39.5 Å². The quantitative estimate of drug-likeness (QED) is 0.696. The van der Waals surface area contributed by atoms with Gasteiger partial charge in [-0.2, -0.15) is 5.10 Å². The highest BCUT2D eigenvalue weighted by molar-refractivity contribution is 5.80. The Morgan fingerprint density at radius 1 is 1.10 bits per heavy atom. The summed E-state index contributed by atoms with van der Waals surface area (Å²) in [6.07, 6.45) is -0.274. The maximum atomic E-state index is 13.0. The molecule has 7 heteroatoms. The highest BCUT2D eigenvalue weighted by Crippen LogP contribution is 2.20. The zero-order chi connectivity index (χ0) is 23.4. The van der Waals surface area contributed by atoms with Gasteiger partial charge in [0, 0.05) is 17.8 Å². The number of alkyl carbamates (subject to hydrolysis) is 1. The van der Waals surface area contributed by atoms with Gasteiger partial charge in [-0.05, 0) is 59.6 Å². The van der Waals surface area contributed by atoms with E-state index in [4.69, 9.17) is 4.74 Å². The second-order valence-corrected chi connectivity index (χ2v) is 9.55. The van der Waals surface area contributed by atoms with E-state index < -0.39 is 17.2 Å². The Bertz CT molecular complexity index is 913. The first-order valence-corrected chi connectivity index (χ1v) is 10.7. The minimum absolute atomic E-state index is 0.0978. The van der Waals surface area contributed by atoms with Crippen LogP contribution in [-0.2, 0) is 16.0 Å². The van der Waals surface area contributed by atoms with Gasteiger partial charge in [0.1, 0.15) is 5.60 Å². The van der Waals surface area contributed by atoms with Gasteiger partial charge < -0.3 is 15.4 Å². The fraction of sp³-hybridized carbons (Fsp3) is 0.542. The van der Waals surface area contributed by atoms with E-state index in [1.807, 2.05) is 90.4 Å². The molecule has 0 bridgehead atoms. The summed E-state index contributed by atoms with van der Waals surface area (Å²) in [6, 6.07) is 9.86. The maximum absolute atomic E-state index is 13.0. The monoisotopic (exact) mass is 428 g/mol. The Kier molecular flexibility index (Phi) is 7.52. The average molecular weight is 429 g/mol. The van der Waals surface area contributed by atoms with Crippen molar-refractivity contribution < 1.29 is 14.3 Å². The summed E-state index contributed by atoms with van der Waals surface area (Å²) < 4.78 is 7.18. The van der Waals surface area contributed by atoms with Crippen LogP contribution < -0.4 is 10.6 Å². The normalized spacial score (nSPS) is 13.6. The van der Waals surface area contributed by atoms with Crippen LogP contribution in [0.5, 0.6) is 0 Å². The van der Waals surface area contributed by atoms with Gasteiger partial charge in [-0.3, -0.25) is 4.79 Å². The highest BCUT2D eigenvalue weighted by Gasteiger charge is 2.32. The molecule has 1 atom stereocenters. The van der Waals surface area contributed by atoms with Crippen molar-refractivity contribution in [3.63, 3.8) is 0 Å². The second kappa shape index (κ2) is 9.54. The Balaban J connectivity index is 2.10. The van der Waals surface area contributed by atoms with Crippen LogP contribution in [0.2, 0.25) is 0 Å². The van der Waals surface area contributed by atoms with Crippen molar-refractivity contribution in [3.05, 3.63) is 47.3 Å². The highest BCUT2D eigenvalue weighted by atomic mass is 16.6. The van der Waals surface area contributed by atoms with Crippen LogP contribution in [0.1, 0.15) is 58.5 Å². The number of amides is 2. The SMILES string of the molecule is Cc1nn(-c2ccccc2)c(C)c1CC(=O)NC(C)(CNC(=O)OC(C)(C)C)C(C)C. The molecule has 1 unspecified atom stereocenters. The van der Waals surface area contributed by atoms with Crippen LogP contribution >= 0.6 is 0 Å². The molecular weight excluding hydrogens is 392 g/mol. The fourth-order valence-electron chi connectivity index (χ4n) is 3.24. The van der Waals surface area contributed by atoms with E-state index in [0.29, 0.717) is 0 Å². The third kappa shape index (κ3) is 6.57. The largest absolute Gasteiger partial charge is 0.444 e. The van der Waals surface area contributed by atoms with Gasteiger partial charge in [0.25, 0.3) is 0 Å². The summed E-state index contributed by atoms with van der Waals surface area (Å²) in [6.45, 7) is 15.6. The molecule has 1 aromatic heterocycles. The third-order valence-corrected chi connectivity index (χ3v) is 5.48. The molecule has 0 aliphatic heterocycles. The Labute approximate surface area is 185 Å². The molecule has 1 aromatic carbocycles. The molecule has 2 N–H and O–H groups in total. The number of hydrogen-bond acceptors (Lipinski definition) is 4. The van der Waals surface area contributed by atoms with Crippen molar-refractivity contribution in [1.82, 2.24) is 20.4 Å². The standard InChI is InChI=1S/C24H36N4O3/c1-16(2)24(8,15-25-22(30)31-23(5,6)7)26-21(29)14-20-17(3)27-28(18(20)4)19-12-10-9-11-13-19/h9-13,16H,14-15H2,1-8H3,(H,25,30)(H,26,29). The molecule has 0 fully saturated rings. The van der Waals surface area contributed by atoms with Gasteiger partial charge in [0.15, 0.2) is 0 Å². The van der Waals surface area contributed by atoms with Gasteiger partial charge in [0.2, 0.25) is 5.91 Å². The van der Waals surface area contributed by atoms with Crippen LogP contribution in [0.3, 0.4) is 0 Å². The Hall–Kier alpha value is -2.83. The number of carbonyl (C=O) groups excluding carboxylic acids is 2. The van der Waals surface area contributed by atoms with E-state index >= 15 is 0 Å². The van der Waals surface area contributed by atoms with Crippen LogP contribution in [0, 0.1) is 19.8 Å². The van der Waals surface area contributed by atoms with E-state index in [9.17, 15) is 9.59 Å². The van der Waals surface area contributed by atoms with Gasteiger partial charge in [-0.15, -0.1) is 0 Å². The fourth-order valence-corrected chi connectivity index (χ4v) is 3.24. The predicted molar refractivity (Wildman–Crippen MR) is 122 cm³/mol. The number of nitrogens with one attached hydrogen (secondary N) is 2. The van der Waals surface area contributed by atoms with E-state index in [1.54, 1.807) is 0 Å². The van der Waals surface area contributed by atoms with Crippen molar-refractivity contribution >= 4 is 12.0 Å². The molecule has 0 saturated carbocycles. The van der Waals surface area contributed by atoms with E-state index in [-0.39, 0.29) is 24.8 Å². The number of rotatable bonds is 7. The lowest BCUT2D eigenvalue weighted by Gasteiger charge is -2.35. The molecule has 0 saturated heterocycles. The molecule has 1 heterocycles. The Morgan fingerprint density at radius 3 is 2.26 bits per heavy atom. The number of aromatic nitrogens is 2. The molecule has 7 nitrogen and oxygen atoms in total. The molecular formula is C24H36N4O3. The molecule has 0 radical (unpaired) electrons. The van der Waals surface area contributed by atoms with Crippen molar-refractivity contribution in [1.29, 1.82) is 0 Å². The van der Waals surface area contributed by atoms with Crippen molar-refractivity contribution in [3.8, 4) is 5.69 Å². The van der Waals surface area contributed by atoms with Gasteiger partial charge >= 0.3 is 6.09 Å². The molecule has 2 amide bonds. The molecule has 0 aliphatic rings. The molecule has 170 valence electrons. The molecule has 0 spiro atoms. The maximum Gasteiger partial charge on any atom is 0.407 e. The predicted octanol–water partition coefficient (Wildman–Crippen LogP) is 4.09. The molecule has 2 rings (SSSR count). The zero-order valence-electron chi connectivity index (χ0n) is 20.0. The second-order valence-electron chi connectivity index (χ2n) is 9.55. The lowest BCUT2D eigenvalue weighted by molar-refractivity contribution is -0.122. The van der Waals surface area contributed by atoms with Gasteiger partial charge in [-0.1, -0.05) is 32.0 Å². The number of aryl methyl sites for hydroxylation is 1. The van der Waals surface area contributed by atoms with Crippen LogP contribution in [0.25, 0.3) is 5.69 Å². The van der Waals surface area contributed by atoms with Crippen molar-refractivity contribution in [2.24, 2.45) is 5.92 Å². The molecule has 31 heavy (non-hydrogen) atoms. The zero-order valence-corrected chi connectivity index (χ0v) is 20.0. The summed E-state index contributed by atoms with van der Waals surface area (Å²) in [5, 5.41) is 10.5. The Morgan fingerprint density at radius 2 is 1.71 bits per heavy atom. The molecule has 2 aromatic rings. The summed E-state index contributed by atoms with van der Waals surface area (Å²) >= 11 is 0. The minimum atomic E-state index is -0.620. The van der Waals surface area contributed by atoms with Gasteiger partial charge in [-0.25, -0.2) is 9.48 Å². The number of nitrogens with zero attached hydrogens (tertiary/aromatic N) is 2. The first-order chi connectivity index (χ1) is 14.3. The minimum Gasteiger partial charge on any atom is -0.444 e. The van der Waals surface area contributed by atoms with E-state index in [0.717, 1.165) is 22.6 Å². The van der Waals surface area contributed by atoms with Crippen LogP contribution in [0.15, 0.2) is 30.3 Å². The van der Waals surface area contributed by atoms with Crippen molar-refractivity contribution in [2.75, 3.05) is 6.54 Å². The number of carbonyl (C=O) groups is 2. The lowest BCUT2D eigenvalue weighted by atomic mass is 9.88. The summed E-state index contributed by atoms with van der Waals surface area (Å²) in [5.74, 6) is -0.0124. The third-order valence-electron chi connectivity index (χ3n) is 5.48. The summed E-state index contributed by atoms with van der Waals surface area (Å²) in [4.78, 5) is 25.0. The number of ether oxygens (including phenoxy) is 1. The first kappa shape index (κ1) is 24.4. The van der Waals surface area contributed by atoms with Crippen molar-refractivity contribution in [2.45, 2.75) is 73.0 Å². The van der Waals surface area contributed by atoms with E-state index in [2.05, 4.69) is 15.7 Å². The van der Waals surface area contributed by atoms with Crippen LogP contribution in [0.4, 0.5) is 4.79 Å². The smallest absolute Gasteiger partial charge is 0.407 e. The summed E-state index contributed by atoms with van der Waals surface area (Å²) in [5.41, 5.74) is 2.45. The topological polar surface area (TPSA) is 85.3 Å². The first-order valence-electron chi connectivity index (χ1n) is 10.7. The average Bonchev–Trinajstić information content (AvgIpc) is 2.94.